The predicted molar refractivity (Wildman–Crippen MR) is 286 cm³/mol. The number of rotatable bonds is 16. The number of hydrogen-bond acceptors (Lipinski definition) is 18. The van der Waals surface area contributed by atoms with Crippen LogP contribution in [0.5, 0.6) is 11.5 Å². The van der Waals surface area contributed by atoms with Gasteiger partial charge in [-0.25, -0.2) is 0 Å². The first-order valence-corrected chi connectivity index (χ1v) is 23.1. The molecule has 74 heavy (non-hydrogen) atoms. The first-order valence-electron chi connectivity index (χ1n) is 23.1. The summed E-state index contributed by atoms with van der Waals surface area (Å²) in [6.07, 6.45) is 0. The maximum Gasteiger partial charge on any atom is 0.259 e. The van der Waals surface area contributed by atoms with Crippen molar-refractivity contribution in [1.29, 1.82) is 5.41 Å². The summed E-state index contributed by atoms with van der Waals surface area (Å²) in [6, 6.07) is 44.6. The third kappa shape index (κ3) is 10.4. The number of para-hydroxylation sites is 2. The van der Waals surface area contributed by atoms with Crippen LogP contribution < -0.4 is 32.0 Å². The van der Waals surface area contributed by atoms with Crippen molar-refractivity contribution in [3.05, 3.63) is 185 Å². The fourth-order valence-electron chi connectivity index (χ4n) is 7.45. The van der Waals surface area contributed by atoms with Crippen LogP contribution in [0, 0.1) is 33.1 Å². The number of hydrogen-bond donors (Lipinski definition) is 5. The molecule has 0 saturated heterocycles. The molecular weight excluding hydrogens is 933 g/mol. The molecule has 9 aromatic rings. The van der Waals surface area contributed by atoms with Crippen molar-refractivity contribution in [3.8, 4) is 45.9 Å². The molecule has 0 atom stereocenters. The number of anilines is 3. The van der Waals surface area contributed by atoms with E-state index in [1.807, 2.05) is 131 Å². The number of ether oxygens (including phenoxy) is 2. The summed E-state index contributed by atoms with van der Waals surface area (Å²) in [5.41, 5.74) is 29.4. The minimum atomic E-state index is -0.154. The molecule has 368 valence electrons. The molecule has 0 aliphatic rings. The quantitative estimate of drug-likeness (QED) is 0.0448. The first-order chi connectivity index (χ1) is 35.9. The molecule has 0 radical (unpaired) electrons. The number of nitrogen functional groups attached to an aromatic ring is 2. The van der Waals surface area contributed by atoms with E-state index in [4.69, 9.17) is 51.8 Å². The van der Waals surface area contributed by atoms with E-state index >= 15 is 0 Å². The Balaban J connectivity index is 1.26. The lowest BCUT2D eigenvalue weighted by Gasteiger charge is -2.13. The molecule has 0 aliphatic heterocycles. The van der Waals surface area contributed by atoms with Crippen LogP contribution in [0.3, 0.4) is 0 Å². The van der Waals surface area contributed by atoms with Crippen LogP contribution in [0.1, 0.15) is 27.8 Å². The molecule has 3 aromatic heterocycles. The summed E-state index contributed by atoms with van der Waals surface area (Å²) < 4.78 is 13.7. The number of nitrogens with one attached hydrogen (secondary N) is 2. The van der Waals surface area contributed by atoms with Crippen molar-refractivity contribution < 1.29 is 9.47 Å². The Morgan fingerprint density at radius 2 is 0.959 bits per heavy atom. The SMILES string of the molecule is COc1ccccc1N=N/C(C(=N)c1ccc(C)cc1)=C(\N)Nc1nc(-n2nc(-c3ccc(C)cc3)c(N=Nc3ccccc3C)c2N)nc(-n2nc(-c3ccc(C)cc3)c(N=Nc3ccccc3OC)c2N)n1. The van der Waals surface area contributed by atoms with Gasteiger partial charge in [-0.1, -0.05) is 132 Å². The van der Waals surface area contributed by atoms with Gasteiger partial charge < -0.3 is 32.0 Å². The second kappa shape index (κ2) is 21.4. The Hall–Kier alpha value is -10.2. The Morgan fingerprint density at radius 1 is 0.527 bits per heavy atom. The van der Waals surface area contributed by atoms with Crippen LogP contribution in [0.2, 0.25) is 0 Å². The van der Waals surface area contributed by atoms with Gasteiger partial charge in [0.15, 0.2) is 28.7 Å². The highest BCUT2D eigenvalue weighted by Crippen LogP contribution is 2.40. The van der Waals surface area contributed by atoms with Crippen LogP contribution in [0.25, 0.3) is 34.4 Å². The molecule has 0 saturated carbocycles. The van der Waals surface area contributed by atoms with Crippen molar-refractivity contribution in [3.63, 3.8) is 0 Å². The van der Waals surface area contributed by atoms with Gasteiger partial charge in [-0.2, -0.15) is 39.6 Å². The van der Waals surface area contributed by atoms with E-state index in [1.165, 1.54) is 16.5 Å². The zero-order valence-electron chi connectivity index (χ0n) is 41.2. The third-order valence-corrected chi connectivity index (χ3v) is 11.6. The Labute approximate surface area is 425 Å². The van der Waals surface area contributed by atoms with Gasteiger partial charge in [-0.3, -0.25) is 5.41 Å². The molecule has 0 bridgehead atoms. The number of allylic oxidation sites excluding steroid dienone is 1. The summed E-state index contributed by atoms with van der Waals surface area (Å²) in [5, 5.41) is 49.8. The topological polar surface area (TPSA) is 281 Å². The Morgan fingerprint density at radius 3 is 1.45 bits per heavy atom. The van der Waals surface area contributed by atoms with E-state index < -0.39 is 0 Å². The van der Waals surface area contributed by atoms with Gasteiger partial charge >= 0.3 is 0 Å². The van der Waals surface area contributed by atoms with Crippen LogP contribution in [0.4, 0.5) is 46.0 Å². The number of azo groups is 3. The van der Waals surface area contributed by atoms with E-state index in [0.29, 0.717) is 56.6 Å². The molecule has 6 aromatic carbocycles. The van der Waals surface area contributed by atoms with Gasteiger partial charge in [0.2, 0.25) is 5.95 Å². The minimum absolute atomic E-state index is 0.0137. The number of methoxy groups -OCH3 is 2. The molecule has 0 spiro atoms. The van der Waals surface area contributed by atoms with Gasteiger partial charge in [-0.15, -0.1) is 25.6 Å². The van der Waals surface area contributed by atoms with Crippen LogP contribution in [-0.2, 0) is 0 Å². The lowest BCUT2D eigenvalue weighted by Crippen LogP contribution is -2.20. The van der Waals surface area contributed by atoms with Crippen molar-refractivity contribution in [1.82, 2.24) is 34.5 Å². The average molecular weight is 983 g/mol. The predicted octanol–water partition coefficient (Wildman–Crippen LogP) is 12.2. The number of benzene rings is 6. The zero-order chi connectivity index (χ0) is 51.9. The van der Waals surface area contributed by atoms with Gasteiger partial charge in [0.05, 0.1) is 25.6 Å². The molecule has 20 heteroatoms. The second-order valence-corrected chi connectivity index (χ2v) is 16.8. The highest BCUT2D eigenvalue weighted by atomic mass is 16.5. The van der Waals surface area contributed by atoms with Crippen molar-refractivity contribution in [2.45, 2.75) is 27.7 Å². The van der Waals surface area contributed by atoms with Crippen LogP contribution >= 0.6 is 0 Å². The maximum absolute atomic E-state index is 9.39. The standard InChI is InChI=1S/C54H50N18O2/c1-31-19-25-35(26-20-31)43(55)46(66-64-39-15-9-11-17-41(39)73-5)49(56)59-52-60-53(71-50(57)47(67-63-38-14-8-7-13-34(38)4)44(69-71)36-27-21-32(2)22-28-36)62-54(61-52)72-51(58)48(45(70-72)37-29-23-33(3)24-30-37)68-65-40-16-10-12-18-42(40)74-6/h7-30,55H,56-58H2,1-6H3,(H,59,60,61,62)/b49-46+,55-43?,66-64?,67-63?,68-65?. The summed E-state index contributed by atoms with van der Waals surface area (Å²) in [5.74, 6) is 0.483. The highest BCUT2D eigenvalue weighted by Gasteiger charge is 2.26. The van der Waals surface area contributed by atoms with Crippen molar-refractivity contribution >= 4 is 51.7 Å². The minimum Gasteiger partial charge on any atom is -0.494 e. The van der Waals surface area contributed by atoms with E-state index in [2.05, 4.69) is 36.0 Å². The molecule has 0 aliphatic carbocycles. The fourth-order valence-corrected chi connectivity index (χ4v) is 7.45. The first kappa shape index (κ1) is 48.8. The highest BCUT2D eigenvalue weighted by molar-refractivity contribution is 6.11. The summed E-state index contributed by atoms with van der Waals surface area (Å²) in [7, 11) is 3.08. The number of aromatic nitrogens is 7. The molecule has 0 unspecified atom stereocenters. The monoisotopic (exact) mass is 982 g/mol. The fraction of sp³-hybridized carbons (Fsp3) is 0.111. The smallest absolute Gasteiger partial charge is 0.259 e. The van der Waals surface area contributed by atoms with Gasteiger partial charge in [-0.05, 0) is 63.6 Å². The van der Waals surface area contributed by atoms with Gasteiger partial charge in [0.25, 0.3) is 11.9 Å². The zero-order valence-corrected chi connectivity index (χ0v) is 41.2. The second-order valence-electron chi connectivity index (χ2n) is 16.8. The molecule has 0 fully saturated rings. The largest absolute Gasteiger partial charge is 0.494 e. The van der Waals surface area contributed by atoms with Crippen LogP contribution in [-0.4, -0.2) is 54.4 Å². The van der Waals surface area contributed by atoms with E-state index in [1.54, 1.807) is 49.6 Å². The molecule has 9 rings (SSSR count). The number of nitrogens with zero attached hydrogens (tertiary/aromatic N) is 13. The molecule has 3 heterocycles. The molecule has 8 N–H and O–H groups in total. The molecular formula is C54H50N18O2. The van der Waals surface area contributed by atoms with Crippen molar-refractivity contribution in [2.24, 2.45) is 36.4 Å². The van der Waals surface area contributed by atoms with Crippen molar-refractivity contribution in [2.75, 3.05) is 31.0 Å². The summed E-state index contributed by atoms with van der Waals surface area (Å²) in [4.78, 5) is 14.5. The summed E-state index contributed by atoms with van der Waals surface area (Å²) in [6.45, 7) is 7.86. The normalized spacial score (nSPS) is 11.9. The van der Waals surface area contributed by atoms with Gasteiger partial charge in [0, 0.05) is 16.7 Å². The Kier molecular flexibility index (Phi) is 14.1. The molecule has 0 amide bonds. The number of aryl methyl sites for hydroxylation is 4. The van der Waals surface area contributed by atoms with E-state index in [-0.39, 0.29) is 58.1 Å². The lowest BCUT2D eigenvalue weighted by molar-refractivity contribution is 0.415. The van der Waals surface area contributed by atoms with E-state index in [0.717, 1.165) is 22.3 Å². The summed E-state index contributed by atoms with van der Waals surface area (Å²) >= 11 is 0. The number of nitrogens with two attached hydrogens (primary N) is 3. The van der Waals surface area contributed by atoms with Gasteiger partial charge in [0.1, 0.15) is 40.1 Å². The average Bonchev–Trinajstić information content (AvgIpc) is 3.93. The lowest BCUT2D eigenvalue weighted by atomic mass is 10.1. The van der Waals surface area contributed by atoms with Crippen LogP contribution in [0.15, 0.2) is 188 Å². The van der Waals surface area contributed by atoms with E-state index in [9.17, 15) is 5.41 Å². The third-order valence-electron chi connectivity index (χ3n) is 11.6. The Bertz CT molecular complexity index is 3650. The molecule has 20 nitrogen and oxygen atoms in total. The maximum atomic E-state index is 9.39.